The number of rotatable bonds is 10. The van der Waals surface area contributed by atoms with E-state index in [1.807, 2.05) is 0 Å². The second kappa shape index (κ2) is 10.5. The predicted octanol–water partition coefficient (Wildman–Crippen LogP) is 1.28. The largest absolute Gasteiger partial charge is 0.316 e. The third kappa shape index (κ3) is 8.14. The molecule has 0 aliphatic rings. The fourth-order valence-corrected chi connectivity index (χ4v) is 1.87. The fraction of sp³-hybridized carbons (Fsp3) is 0.923. The van der Waals surface area contributed by atoms with Crippen molar-refractivity contribution in [2.24, 2.45) is 5.73 Å². The van der Waals surface area contributed by atoms with Gasteiger partial charge >= 0.3 is 0 Å². The van der Waals surface area contributed by atoms with Crippen LogP contribution in [-0.4, -0.2) is 55.1 Å². The van der Waals surface area contributed by atoms with Crippen molar-refractivity contribution in [1.82, 2.24) is 9.80 Å². The first-order valence-electron chi connectivity index (χ1n) is 6.77. The molecule has 0 rings (SSSR count). The molecule has 2 N–H and O–H groups in total. The quantitative estimate of drug-likeness (QED) is 0.625. The fourth-order valence-electron chi connectivity index (χ4n) is 1.87. The molecule has 0 radical (unpaired) electrons. The van der Waals surface area contributed by atoms with Crippen LogP contribution in [0.5, 0.6) is 0 Å². The van der Waals surface area contributed by atoms with E-state index in [9.17, 15) is 0 Å². The maximum absolute atomic E-state index is 8.63. The molecule has 1 atom stereocenters. The number of nitrogens with two attached hydrogens (primary N) is 1. The van der Waals surface area contributed by atoms with Crippen LogP contribution in [0.15, 0.2) is 0 Å². The minimum Gasteiger partial charge on any atom is -0.316 e. The Morgan fingerprint density at radius 2 is 1.53 bits per heavy atom. The van der Waals surface area contributed by atoms with Gasteiger partial charge in [0.2, 0.25) is 0 Å². The van der Waals surface area contributed by atoms with Crippen LogP contribution in [0.4, 0.5) is 0 Å². The molecule has 0 amide bonds. The van der Waals surface area contributed by atoms with E-state index in [-0.39, 0.29) is 6.04 Å². The average molecular weight is 240 g/mol. The third-order valence-corrected chi connectivity index (χ3v) is 3.21. The van der Waals surface area contributed by atoms with Crippen molar-refractivity contribution in [3.63, 3.8) is 0 Å². The van der Waals surface area contributed by atoms with Crippen molar-refractivity contribution in [3.05, 3.63) is 0 Å². The Morgan fingerprint density at radius 1 is 1.00 bits per heavy atom. The van der Waals surface area contributed by atoms with Gasteiger partial charge in [-0.3, -0.25) is 0 Å². The van der Waals surface area contributed by atoms with Crippen LogP contribution in [-0.2, 0) is 0 Å². The van der Waals surface area contributed by atoms with Gasteiger partial charge in [0.25, 0.3) is 0 Å². The van der Waals surface area contributed by atoms with Crippen molar-refractivity contribution in [2.45, 2.75) is 39.7 Å². The van der Waals surface area contributed by atoms with Crippen molar-refractivity contribution in [2.75, 3.05) is 39.3 Å². The van der Waals surface area contributed by atoms with Gasteiger partial charge in [0.1, 0.15) is 0 Å². The van der Waals surface area contributed by atoms with Crippen LogP contribution >= 0.6 is 0 Å². The molecule has 100 valence electrons. The molecular weight excluding hydrogens is 212 g/mol. The summed E-state index contributed by atoms with van der Waals surface area (Å²) in [7, 11) is 0. The lowest BCUT2D eigenvalue weighted by atomic mass is 10.2. The van der Waals surface area contributed by atoms with E-state index in [1.165, 1.54) is 6.42 Å². The molecule has 0 aliphatic heterocycles. The molecule has 0 bridgehead atoms. The third-order valence-electron chi connectivity index (χ3n) is 3.21. The Balaban J connectivity index is 3.71. The van der Waals surface area contributed by atoms with Gasteiger partial charge in [0.15, 0.2) is 0 Å². The van der Waals surface area contributed by atoms with Crippen LogP contribution in [0.1, 0.15) is 33.6 Å². The summed E-state index contributed by atoms with van der Waals surface area (Å²) >= 11 is 0. The second-order valence-electron chi connectivity index (χ2n) is 4.34. The minimum atomic E-state index is -0.313. The first-order valence-corrected chi connectivity index (χ1v) is 6.77. The lowest BCUT2D eigenvalue weighted by Crippen LogP contribution is -2.33. The topological polar surface area (TPSA) is 56.3 Å². The second-order valence-corrected chi connectivity index (χ2v) is 4.34. The average Bonchev–Trinajstić information content (AvgIpc) is 2.37. The van der Waals surface area contributed by atoms with E-state index >= 15 is 0 Å². The van der Waals surface area contributed by atoms with Crippen LogP contribution in [0, 0.1) is 11.3 Å². The SMILES string of the molecule is CCN(CC)CCCN(CC)CCC(N)C#N. The maximum Gasteiger partial charge on any atom is 0.0940 e. The van der Waals surface area contributed by atoms with Gasteiger partial charge in [0, 0.05) is 6.54 Å². The zero-order chi connectivity index (χ0) is 13.1. The van der Waals surface area contributed by atoms with Gasteiger partial charge in [-0.2, -0.15) is 5.26 Å². The molecular formula is C13H28N4. The van der Waals surface area contributed by atoms with Crippen LogP contribution < -0.4 is 5.73 Å². The molecule has 0 heterocycles. The smallest absolute Gasteiger partial charge is 0.0940 e. The zero-order valence-electron chi connectivity index (χ0n) is 11.7. The summed E-state index contributed by atoms with van der Waals surface area (Å²) in [6, 6.07) is 1.77. The molecule has 1 unspecified atom stereocenters. The predicted molar refractivity (Wildman–Crippen MR) is 72.7 cm³/mol. The van der Waals surface area contributed by atoms with Gasteiger partial charge in [-0.25, -0.2) is 0 Å². The molecule has 0 fully saturated rings. The summed E-state index contributed by atoms with van der Waals surface area (Å²) in [5.41, 5.74) is 5.60. The normalized spacial score (nSPS) is 13.0. The zero-order valence-corrected chi connectivity index (χ0v) is 11.7. The van der Waals surface area contributed by atoms with Crippen LogP contribution in [0.25, 0.3) is 0 Å². The molecule has 0 aromatic carbocycles. The standard InChI is InChI=1S/C13H28N4/c1-4-16(5-2)9-7-10-17(6-3)11-8-13(15)12-14/h13H,4-11,15H2,1-3H3. The molecule has 0 aromatic rings. The molecule has 0 aromatic heterocycles. The highest BCUT2D eigenvalue weighted by atomic mass is 15.1. The lowest BCUT2D eigenvalue weighted by Gasteiger charge is -2.23. The summed E-state index contributed by atoms with van der Waals surface area (Å²) in [5, 5.41) is 8.63. The van der Waals surface area contributed by atoms with Crippen molar-refractivity contribution >= 4 is 0 Å². The molecule has 17 heavy (non-hydrogen) atoms. The van der Waals surface area contributed by atoms with E-state index in [1.54, 1.807) is 0 Å². The molecule has 0 spiro atoms. The number of hydrogen-bond acceptors (Lipinski definition) is 4. The first kappa shape index (κ1) is 16.4. The van der Waals surface area contributed by atoms with E-state index in [0.29, 0.717) is 0 Å². The van der Waals surface area contributed by atoms with Crippen LogP contribution in [0.3, 0.4) is 0 Å². The molecule has 4 nitrogen and oxygen atoms in total. The molecule has 0 saturated heterocycles. The maximum atomic E-state index is 8.63. The molecule has 0 saturated carbocycles. The van der Waals surface area contributed by atoms with Gasteiger partial charge in [-0.1, -0.05) is 20.8 Å². The highest BCUT2D eigenvalue weighted by Crippen LogP contribution is 1.98. The Bertz CT molecular complexity index is 208. The van der Waals surface area contributed by atoms with Crippen molar-refractivity contribution in [1.29, 1.82) is 5.26 Å². The van der Waals surface area contributed by atoms with E-state index in [2.05, 4.69) is 36.6 Å². The van der Waals surface area contributed by atoms with Gasteiger partial charge in [-0.15, -0.1) is 0 Å². The van der Waals surface area contributed by atoms with E-state index in [0.717, 1.165) is 45.7 Å². The van der Waals surface area contributed by atoms with E-state index in [4.69, 9.17) is 11.0 Å². The number of nitriles is 1. The highest BCUT2D eigenvalue weighted by Gasteiger charge is 2.06. The van der Waals surface area contributed by atoms with Crippen LogP contribution in [0.2, 0.25) is 0 Å². The van der Waals surface area contributed by atoms with Gasteiger partial charge in [0.05, 0.1) is 12.1 Å². The Hall–Kier alpha value is -0.630. The van der Waals surface area contributed by atoms with Gasteiger partial charge < -0.3 is 15.5 Å². The van der Waals surface area contributed by atoms with Gasteiger partial charge in [-0.05, 0) is 45.6 Å². The summed E-state index contributed by atoms with van der Waals surface area (Å²) in [5.74, 6) is 0. The lowest BCUT2D eigenvalue weighted by molar-refractivity contribution is 0.240. The number of nitrogens with zero attached hydrogens (tertiary/aromatic N) is 3. The first-order chi connectivity index (χ1) is 8.17. The summed E-state index contributed by atoms with van der Waals surface area (Å²) < 4.78 is 0. The summed E-state index contributed by atoms with van der Waals surface area (Å²) in [4.78, 5) is 4.82. The minimum absolute atomic E-state index is 0.313. The monoisotopic (exact) mass is 240 g/mol. The Kier molecular flexibility index (Phi) is 10.1. The summed E-state index contributed by atoms with van der Waals surface area (Å²) in [6.45, 7) is 13.1. The molecule has 4 heteroatoms. The molecule has 0 aliphatic carbocycles. The summed E-state index contributed by atoms with van der Waals surface area (Å²) in [6.07, 6.45) is 1.97. The Labute approximate surface area is 106 Å². The highest BCUT2D eigenvalue weighted by molar-refractivity contribution is 4.86. The van der Waals surface area contributed by atoms with Crippen molar-refractivity contribution in [3.8, 4) is 6.07 Å². The number of hydrogen-bond donors (Lipinski definition) is 1. The Morgan fingerprint density at radius 3 is 2.00 bits per heavy atom. The van der Waals surface area contributed by atoms with Crippen molar-refractivity contribution < 1.29 is 0 Å². The van der Waals surface area contributed by atoms with E-state index < -0.39 is 0 Å².